The van der Waals surface area contributed by atoms with Crippen LogP contribution in [-0.4, -0.2) is 35.7 Å². The molecule has 1 saturated carbocycles. The summed E-state index contributed by atoms with van der Waals surface area (Å²) in [5.41, 5.74) is -0.512. The van der Waals surface area contributed by atoms with E-state index in [1.807, 2.05) is 6.92 Å². The summed E-state index contributed by atoms with van der Waals surface area (Å²) in [6, 6.07) is 0. The number of hydrogen-bond donors (Lipinski definition) is 2. The van der Waals surface area contributed by atoms with Crippen LogP contribution in [0.15, 0.2) is 0 Å². The summed E-state index contributed by atoms with van der Waals surface area (Å²) in [4.78, 5) is 23.5. The number of aliphatic carboxylic acids is 1. The van der Waals surface area contributed by atoms with Gasteiger partial charge in [0.25, 0.3) is 0 Å². The van der Waals surface area contributed by atoms with E-state index in [0.717, 1.165) is 51.7 Å². The van der Waals surface area contributed by atoms with Crippen LogP contribution < -0.4 is 5.32 Å². The zero-order chi connectivity index (χ0) is 14.6. The van der Waals surface area contributed by atoms with E-state index in [2.05, 4.69) is 5.32 Å². The molecule has 5 heteroatoms. The molecule has 0 spiro atoms. The molecule has 0 radical (unpaired) electrons. The standard InChI is InChI=1S/C15H25NO4/c1-11(12-4-8-20-9-5-12)14(19)16-15(10-13(17)18)6-2-3-7-15/h11-12H,2-10H2,1H3,(H,16,19)(H,17,18). The Labute approximate surface area is 120 Å². The normalized spacial score (nSPS) is 24.2. The largest absolute Gasteiger partial charge is 0.481 e. The number of ether oxygens (including phenoxy) is 1. The van der Waals surface area contributed by atoms with Crippen molar-refractivity contribution in [2.45, 2.75) is 57.4 Å². The minimum absolute atomic E-state index is 0.0139. The molecule has 2 aliphatic rings. The molecule has 0 aromatic rings. The van der Waals surface area contributed by atoms with E-state index in [0.29, 0.717) is 5.92 Å². The van der Waals surface area contributed by atoms with Gasteiger partial charge in [-0.25, -0.2) is 0 Å². The van der Waals surface area contributed by atoms with Gasteiger partial charge in [-0.1, -0.05) is 19.8 Å². The number of carbonyl (C=O) groups excluding carboxylic acids is 1. The highest BCUT2D eigenvalue weighted by molar-refractivity contribution is 5.80. The summed E-state index contributed by atoms with van der Waals surface area (Å²) in [5, 5.41) is 12.1. The summed E-state index contributed by atoms with van der Waals surface area (Å²) in [6.45, 7) is 3.40. The Morgan fingerprint density at radius 3 is 2.45 bits per heavy atom. The Balaban J connectivity index is 1.95. The van der Waals surface area contributed by atoms with Gasteiger partial charge in [-0.05, 0) is 31.6 Å². The van der Waals surface area contributed by atoms with Crippen molar-refractivity contribution < 1.29 is 19.4 Å². The van der Waals surface area contributed by atoms with Crippen LogP contribution in [0.5, 0.6) is 0 Å². The van der Waals surface area contributed by atoms with Gasteiger partial charge < -0.3 is 15.2 Å². The number of carboxylic acid groups (broad SMARTS) is 1. The fourth-order valence-corrected chi connectivity index (χ4v) is 3.49. The van der Waals surface area contributed by atoms with Crippen molar-refractivity contribution in [3.63, 3.8) is 0 Å². The molecule has 0 aromatic carbocycles. The third-order valence-corrected chi connectivity index (χ3v) is 4.83. The van der Waals surface area contributed by atoms with Gasteiger partial charge in [0.15, 0.2) is 0 Å². The van der Waals surface area contributed by atoms with Crippen LogP contribution in [0.4, 0.5) is 0 Å². The van der Waals surface area contributed by atoms with Gasteiger partial charge >= 0.3 is 5.97 Å². The summed E-state index contributed by atoms with van der Waals surface area (Å²) in [6.07, 6.45) is 5.44. The molecule has 5 nitrogen and oxygen atoms in total. The van der Waals surface area contributed by atoms with Gasteiger partial charge in [0.05, 0.1) is 12.0 Å². The molecule has 0 aromatic heterocycles. The van der Waals surface area contributed by atoms with Crippen LogP contribution in [0, 0.1) is 11.8 Å². The maximum atomic E-state index is 12.4. The average molecular weight is 283 g/mol. The quantitative estimate of drug-likeness (QED) is 0.808. The predicted octanol–water partition coefficient (Wildman–Crippen LogP) is 1.95. The molecule has 2 fully saturated rings. The molecule has 1 saturated heterocycles. The van der Waals surface area contributed by atoms with E-state index < -0.39 is 11.5 Å². The third kappa shape index (κ3) is 3.72. The van der Waals surface area contributed by atoms with Crippen molar-refractivity contribution in [2.75, 3.05) is 13.2 Å². The minimum atomic E-state index is -0.828. The van der Waals surface area contributed by atoms with Crippen LogP contribution in [0.3, 0.4) is 0 Å². The van der Waals surface area contributed by atoms with E-state index in [1.54, 1.807) is 0 Å². The van der Waals surface area contributed by atoms with Crippen molar-refractivity contribution >= 4 is 11.9 Å². The molecule has 1 aliphatic carbocycles. The highest BCUT2D eigenvalue weighted by atomic mass is 16.5. The topological polar surface area (TPSA) is 75.6 Å². The summed E-state index contributed by atoms with van der Waals surface area (Å²) >= 11 is 0. The van der Waals surface area contributed by atoms with Crippen molar-refractivity contribution in [1.29, 1.82) is 0 Å². The monoisotopic (exact) mass is 283 g/mol. The van der Waals surface area contributed by atoms with Crippen molar-refractivity contribution in [3.05, 3.63) is 0 Å². The second-order valence-electron chi connectivity index (χ2n) is 6.29. The van der Waals surface area contributed by atoms with Crippen molar-refractivity contribution in [3.8, 4) is 0 Å². The second-order valence-corrected chi connectivity index (χ2v) is 6.29. The number of carbonyl (C=O) groups is 2. The molecular weight excluding hydrogens is 258 g/mol. The van der Waals surface area contributed by atoms with Crippen LogP contribution >= 0.6 is 0 Å². The molecule has 1 unspecified atom stereocenters. The Morgan fingerprint density at radius 2 is 1.90 bits per heavy atom. The van der Waals surface area contributed by atoms with Gasteiger partial charge in [-0.2, -0.15) is 0 Å². The first-order valence-electron chi connectivity index (χ1n) is 7.64. The third-order valence-electron chi connectivity index (χ3n) is 4.83. The zero-order valence-electron chi connectivity index (χ0n) is 12.2. The van der Waals surface area contributed by atoms with E-state index in [-0.39, 0.29) is 18.2 Å². The van der Waals surface area contributed by atoms with Crippen molar-refractivity contribution in [2.24, 2.45) is 11.8 Å². The number of carboxylic acids is 1. The first-order valence-corrected chi connectivity index (χ1v) is 7.64. The molecular formula is C15H25NO4. The molecule has 114 valence electrons. The molecule has 1 amide bonds. The Bertz CT molecular complexity index is 357. The van der Waals surface area contributed by atoms with Gasteiger partial charge in [-0.3, -0.25) is 9.59 Å². The molecule has 1 aliphatic heterocycles. The Kier molecular flexibility index (Phi) is 5.02. The van der Waals surface area contributed by atoms with E-state index in [4.69, 9.17) is 9.84 Å². The SMILES string of the molecule is CC(C(=O)NC1(CC(=O)O)CCCC1)C1CCOCC1. The fraction of sp³-hybridized carbons (Fsp3) is 0.867. The van der Waals surface area contributed by atoms with Crippen LogP contribution in [0.25, 0.3) is 0 Å². The molecule has 20 heavy (non-hydrogen) atoms. The van der Waals surface area contributed by atoms with Crippen LogP contribution in [0.1, 0.15) is 51.9 Å². The average Bonchev–Trinajstić information content (AvgIpc) is 2.86. The van der Waals surface area contributed by atoms with Gasteiger partial charge in [0.1, 0.15) is 0 Å². The van der Waals surface area contributed by atoms with Gasteiger partial charge in [0, 0.05) is 19.1 Å². The predicted molar refractivity (Wildman–Crippen MR) is 74.3 cm³/mol. The summed E-state index contributed by atoms with van der Waals surface area (Å²) < 4.78 is 5.33. The van der Waals surface area contributed by atoms with E-state index >= 15 is 0 Å². The second kappa shape index (κ2) is 6.57. The molecule has 0 bridgehead atoms. The van der Waals surface area contributed by atoms with E-state index in [9.17, 15) is 9.59 Å². The van der Waals surface area contributed by atoms with Crippen LogP contribution in [0.2, 0.25) is 0 Å². The molecule has 1 atom stereocenters. The Hall–Kier alpha value is -1.10. The van der Waals surface area contributed by atoms with Crippen molar-refractivity contribution in [1.82, 2.24) is 5.32 Å². The lowest BCUT2D eigenvalue weighted by molar-refractivity contribution is -0.139. The highest BCUT2D eigenvalue weighted by Gasteiger charge is 2.39. The lowest BCUT2D eigenvalue weighted by Crippen LogP contribution is -2.50. The fourth-order valence-electron chi connectivity index (χ4n) is 3.49. The number of hydrogen-bond acceptors (Lipinski definition) is 3. The summed E-state index contributed by atoms with van der Waals surface area (Å²) in [7, 11) is 0. The number of nitrogens with one attached hydrogen (secondary N) is 1. The lowest BCUT2D eigenvalue weighted by atomic mass is 9.85. The Morgan fingerprint density at radius 1 is 1.30 bits per heavy atom. The van der Waals surface area contributed by atoms with E-state index in [1.165, 1.54) is 0 Å². The molecule has 2 rings (SSSR count). The number of rotatable bonds is 5. The number of amides is 1. The molecule has 1 heterocycles. The first-order chi connectivity index (χ1) is 9.52. The maximum absolute atomic E-state index is 12.4. The maximum Gasteiger partial charge on any atom is 0.305 e. The van der Waals surface area contributed by atoms with Gasteiger partial charge in [-0.15, -0.1) is 0 Å². The summed E-state index contributed by atoms with van der Waals surface area (Å²) in [5.74, 6) is -0.525. The zero-order valence-corrected chi connectivity index (χ0v) is 12.2. The smallest absolute Gasteiger partial charge is 0.305 e. The highest BCUT2D eigenvalue weighted by Crippen LogP contribution is 2.34. The minimum Gasteiger partial charge on any atom is -0.481 e. The molecule has 2 N–H and O–H groups in total. The van der Waals surface area contributed by atoms with Crippen LogP contribution in [-0.2, 0) is 14.3 Å². The lowest BCUT2D eigenvalue weighted by Gasteiger charge is -2.33. The first kappa shape index (κ1) is 15.3. The van der Waals surface area contributed by atoms with Gasteiger partial charge in [0.2, 0.25) is 5.91 Å².